The average molecular weight is 285 g/mol. The summed E-state index contributed by atoms with van der Waals surface area (Å²) in [4.78, 5) is 27.3. The molecule has 1 aliphatic rings. The Morgan fingerprint density at radius 1 is 1.15 bits per heavy atom. The van der Waals surface area contributed by atoms with Crippen molar-refractivity contribution in [3.05, 3.63) is 0 Å². The van der Waals surface area contributed by atoms with Crippen molar-refractivity contribution in [2.45, 2.75) is 46.2 Å². The molecule has 2 N–H and O–H groups in total. The standard InChI is InChI=1S/C14H27N3O3/c1-5-11(4)16-6-8-17(9-7-16)14(20)15-12(10(2)3)13(18)19/h10-12H,5-9H2,1-4H3,(H,15,20)(H,18,19)/t11?,12-/m1/s1. The van der Waals surface area contributed by atoms with Crippen LogP contribution >= 0.6 is 0 Å². The zero-order valence-electron chi connectivity index (χ0n) is 12.9. The normalized spacial score (nSPS) is 19.8. The van der Waals surface area contributed by atoms with Crippen molar-refractivity contribution in [1.29, 1.82) is 0 Å². The number of carboxylic acid groups (broad SMARTS) is 1. The Morgan fingerprint density at radius 3 is 2.10 bits per heavy atom. The van der Waals surface area contributed by atoms with Gasteiger partial charge in [-0.25, -0.2) is 9.59 Å². The van der Waals surface area contributed by atoms with Crippen LogP contribution in [0.5, 0.6) is 0 Å². The molecule has 1 aliphatic heterocycles. The van der Waals surface area contributed by atoms with Crippen LogP contribution in [0.4, 0.5) is 4.79 Å². The van der Waals surface area contributed by atoms with E-state index < -0.39 is 12.0 Å². The van der Waals surface area contributed by atoms with Crippen LogP contribution in [0.15, 0.2) is 0 Å². The van der Waals surface area contributed by atoms with Crippen molar-refractivity contribution >= 4 is 12.0 Å². The van der Waals surface area contributed by atoms with Crippen LogP contribution in [0, 0.1) is 5.92 Å². The zero-order valence-corrected chi connectivity index (χ0v) is 12.9. The third-order valence-corrected chi connectivity index (χ3v) is 4.03. The lowest BCUT2D eigenvalue weighted by atomic mass is 10.1. The van der Waals surface area contributed by atoms with E-state index in [0.29, 0.717) is 19.1 Å². The molecule has 0 bridgehead atoms. The van der Waals surface area contributed by atoms with Crippen LogP contribution in [0.3, 0.4) is 0 Å². The van der Waals surface area contributed by atoms with E-state index >= 15 is 0 Å². The van der Waals surface area contributed by atoms with Crippen LogP contribution in [-0.2, 0) is 4.79 Å². The Labute approximate surface area is 121 Å². The molecule has 6 nitrogen and oxygen atoms in total. The first-order valence-corrected chi connectivity index (χ1v) is 7.39. The summed E-state index contributed by atoms with van der Waals surface area (Å²) in [6, 6.07) is -0.562. The molecule has 1 fully saturated rings. The van der Waals surface area contributed by atoms with E-state index in [1.54, 1.807) is 18.7 Å². The van der Waals surface area contributed by atoms with E-state index in [0.717, 1.165) is 19.5 Å². The zero-order chi connectivity index (χ0) is 15.3. The summed E-state index contributed by atoms with van der Waals surface area (Å²) in [6.45, 7) is 10.9. The SMILES string of the molecule is CCC(C)N1CCN(C(=O)N[C@@H](C(=O)O)C(C)C)CC1. The number of rotatable bonds is 5. The maximum Gasteiger partial charge on any atom is 0.326 e. The molecule has 0 aromatic rings. The summed E-state index contributed by atoms with van der Waals surface area (Å²) in [5.74, 6) is -1.11. The van der Waals surface area contributed by atoms with E-state index in [4.69, 9.17) is 5.11 Å². The highest BCUT2D eigenvalue weighted by molar-refractivity contribution is 5.82. The molecule has 0 saturated carbocycles. The number of nitrogens with zero attached hydrogens (tertiary/aromatic N) is 2. The van der Waals surface area contributed by atoms with Gasteiger partial charge in [-0.3, -0.25) is 4.90 Å². The maximum absolute atomic E-state index is 12.1. The van der Waals surface area contributed by atoms with E-state index in [2.05, 4.69) is 24.1 Å². The predicted molar refractivity (Wildman–Crippen MR) is 77.7 cm³/mol. The summed E-state index contributed by atoms with van der Waals surface area (Å²) in [6.07, 6.45) is 1.10. The van der Waals surface area contributed by atoms with E-state index in [-0.39, 0.29) is 11.9 Å². The summed E-state index contributed by atoms with van der Waals surface area (Å²) >= 11 is 0. The quantitative estimate of drug-likeness (QED) is 0.796. The summed E-state index contributed by atoms with van der Waals surface area (Å²) in [5.41, 5.74) is 0. The van der Waals surface area contributed by atoms with Gasteiger partial charge in [-0.2, -0.15) is 0 Å². The Kier molecular flexibility index (Phi) is 6.26. The first-order chi connectivity index (χ1) is 9.36. The number of amides is 2. The fourth-order valence-electron chi connectivity index (χ4n) is 2.36. The van der Waals surface area contributed by atoms with Gasteiger partial charge >= 0.3 is 12.0 Å². The van der Waals surface area contributed by atoms with Gasteiger partial charge in [-0.15, -0.1) is 0 Å². The van der Waals surface area contributed by atoms with Gasteiger partial charge in [0.2, 0.25) is 0 Å². The number of aliphatic carboxylic acids is 1. The summed E-state index contributed by atoms with van der Waals surface area (Å²) in [7, 11) is 0. The van der Waals surface area contributed by atoms with Crippen molar-refractivity contribution in [2.75, 3.05) is 26.2 Å². The molecule has 0 radical (unpaired) electrons. The second-order valence-electron chi connectivity index (χ2n) is 5.79. The molecule has 2 atom stereocenters. The molecule has 0 aromatic heterocycles. The number of carbonyl (C=O) groups excluding carboxylic acids is 1. The maximum atomic E-state index is 12.1. The van der Waals surface area contributed by atoms with Gasteiger partial charge in [0.1, 0.15) is 6.04 Å². The number of hydrogen-bond acceptors (Lipinski definition) is 3. The second-order valence-corrected chi connectivity index (χ2v) is 5.79. The van der Waals surface area contributed by atoms with E-state index in [1.807, 2.05) is 0 Å². The largest absolute Gasteiger partial charge is 0.480 e. The molecule has 1 heterocycles. The molecule has 0 spiro atoms. The summed E-state index contributed by atoms with van der Waals surface area (Å²) < 4.78 is 0. The minimum atomic E-state index is -0.980. The lowest BCUT2D eigenvalue weighted by molar-refractivity contribution is -0.140. The Hall–Kier alpha value is -1.30. The number of piperazine rings is 1. The van der Waals surface area contributed by atoms with Crippen LogP contribution in [0.25, 0.3) is 0 Å². The van der Waals surface area contributed by atoms with E-state index in [9.17, 15) is 9.59 Å². The highest BCUT2D eigenvalue weighted by Gasteiger charge is 2.28. The monoisotopic (exact) mass is 285 g/mol. The fourth-order valence-corrected chi connectivity index (χ4v) is 2.36. The number of carbonyl (C=O) groups is 2. The smallest absolute Gasteiger partial charge is 0.326 e. The molecule has 20 heavy (non-hydrogen) atoms. The summed E-state index contributed by atoms with van der Waals surface area (Å²) in [5, 5.41) is 11.7. The predicted octanol–water partition coefficient (Wildman–Crippen LogP) is 1.22. The second kappa shape index (κ2) is 7.47. The number of carboxylic acids is 1. The van der Waals surface area contributed by atoms with Crippen LogP contribution in [-0.4, -0.2) is 65.2 Å². The molecular weight excluding hydrogens is 258 g/mol. The number of nitrogens with one attached hydrogen (secondary N) is 1. The van der Waals surface area contributed by atoms with Gasteiger partial charge < -0.3 is 15.3 Å². The van der Waals surface area contributed by atoms with Gasteiger partial charge in [0.25, 0.3) is 0 Å². The van der Waals surface area contributed by atoms with Gasteiger partial charge in [0.05, 0.1) is 0 Å². The topological polar surface area (TPSA) is 72.9 Å². The van der Waals surface area contributed by atoms with Crippen LogP contribution in [0.2, 0.25) is 0 Å². The Bertz CT molecular complexity index is 339. The van der Waals surface area contributed by atoms with Crippen molar-refractivity contribution in [1.82, 2.24) is 15.1 Å². The molecule has 0 aromatic carbocycles. The van der Waals surface area contributed by atoms with Crippen molar-refractivity contribution in [3.63, 3.8) is 0 Å². The third-order valence-electron chi connectivity index (χ3n) is 4.03. The van der Waals surface area contributed by atoms with Crippen molar-refractivity contribution in [2.24, 2.45) is 5.92 Å². The van der Waals surface area contributed by atoms with E-state index in [1.165, 1.54) is 0 Å². The Morgan fingerprint density at radius 2 is 1.70 bits per heavy atom. The van der Waals surface area contributed by atoms with Crippen molar-refractivity contribution in [3.8, 4) is 0 Å². The molecule has 1 saturated heterocycles. The van der Waals surface area contributed by atoms with Gasteiger partial charge in [-0.05, 0) is 19.3 Å². The minimum Gasteiger partial charge on any atom is -0.480 e. The van der Waals surface area contributed by atoms with Crippen LogP contribution < -0.4 is 5.32 Å². The molecule has 0 aliphatic carbocycles. The first kappa shape index (κ1) is 16.8. The van der Waals surface area contributed by atoms with Crippen molar-refractivity contribution < 1.29 is 14.7 Å². The number of hydrogen-bond donors (Lipinski definition) is 2. The van der Waals surface area contributed by atoms with Gasteiger partial charge in [0, 0.05) is 32.2 Å². The highest BCUT2D eigenvalue weighted by Crippen LogP contribution is 2.10. The molecule has 1 unspecified atom stereocenters. The molecule has 1 rings (SSSR count). The molecule has 116 valence electrons. The highest BCUT2D eigenvalue weighted by atomic mass is 16.4. The lowest BCUT2D eigenvalue weighted by Crippen LogP contribution is -2.56. The lowest BCUT2D eigenvalue weighted by Gasteiger charge is -2.38. The third kappa shape index (κ3) is 4.37. The Balaban J connectivity index is 2.48. The minimum absolute atomic E-state index is 0.127. The average Bonchev–Trinajstić information content (AvgIpc) is 2.43. The molecular formula is C14H27N3O3. The first-order valence-electron chi connectivity index (χ1n) is 7.39. The van der Waals surface area contributed by atoms with Gasteiger partial charge in [-0.1, -0.05) is 20.8 Å². The molecule has 6 heteroatoms. The fraction of sp³-hybridized carbons (Fsp3) is 0.857. The van der Waals surface area contributed by atoms with Crippen LogP contribution in [0.1, 0.15) is 34.1 Å². The number of urea groups is 1. The molecule has 2 amide bonds. The van der Waals surface area contributed by atoms with Gasteiger partial charge in [0.15, 0.2) is 0 Å².